The van der Waals surface area contributed by atoms with E-state index < -0.39 is 0 Å². The molecule has 0 aliphatic carbocycles. The zero-order valence-corrected chi connectivity index (χ0v) is 7.35. The van der Waals surface area contributed by atoms with E-state index in [0.29, 0.717) is 6.04 Å². The largest absolute Gasteiger partial charge is 0.341 e. The number of carbonyl (C=O) groups excluding carboxylic acids is 1. The molecule has 0 N–H and O–H groups in total. The quantitative estimate of drug-likeness (QED) is 0.588. The predicted molar refractivity (Wildman–Crippen MR) is 42.8 cm³/mol. The van der Waals surface area contributed by atoms with E-state index in [1.807, 2.05) is 18.7 Å². The van der Waals surface area contributed by atoms with Gasteiger partial charge in [-0.25, -0.2) is 0 Å². The van der Waals surface area contributed by atoms with Gasteiger partial charge in [-0.15, -0.1) is 0 Å². The highest BCUT2D eigenvalue weighted by Gasteiger charge is 2.09. The molecule has 0 saturated carbocycles. The average molecular weight is 143 g/mol. The Kier molecular flexibility index (Phi) is 4.08. The van der Waals surface area contributed by atoms with Gasteiger partial charge >= 0.3 is 0 Å². The maximum atomic E-state index is 10.9. The molecule has 10 heavy (non-hydrogen) atoms. The molecule has 0 aliphatic rings. The summed E-state index contributed by atoms with van der Waals surface area (Å²) in [5.41, 5.74) is 0. The summed E-state index contributed by atoms with van der Waals surface area (Å²) in [5, 5.41) is 0. The molecule has 0 heterocycles. The molecule has 0 unspecified atom stereocenters. The van der Waals surface area contributed by atoms with E-state index in [-0.39, 0.29) is 5.91 Å². The van der Waals surface area contributed by atoms with Gasteiger partial charge in [0.1, 0.15) is 0 Å². The van der Waals surface area contributed by atoms with Crippen LogP contribution in [-0.2, 0) is 4.79 Å². The van der Waals surface area contributed by atoms with E-state index in [1.54, 1.807) is 6.92 Å². The lowest BCUT2D eigenvalue weighted by Gasteiger charge is -2.24. The topological polar surface area (TPSA) is 20.3 Å². The molecule has 0 rings (SSSR count). The Labute approximate surface area is 63.2 Å². The zero-order valence-electron chi connectivity index (χ0n) is 7.35. The fourth-order valence-electron chi connectivity index (χ4n) is 1.02. The van der Waals surface area contributed by atoms with Crippen molar-refractivity contribution in [3.63, 3.8) is 0 Å². The van der Waals surface area contributed by atoms with Crippen molar-refractivity contribution < 1.29 is 4.79 Å². The Balaban J connectivity index is 3.85. The minimum absolute atomic E-state index is 0.178. The molecule has 0 fully saturated rings. The van der Waals surface area contributed by atoms with Crippen molar-refractivity contribution in [2.75, 3.05) is 6.54 Å². The lowest BCUT2D eigenvalue weighted by molar-refractivity contribution is -0.130. The smallest absolute Gasteiger partial charge is 0.219 e. The Morgan fingerprint density at radius 2 is 2.00 bits per heavy atom. The molecule has 0 aliphatic heterocycles. The lowest BCUT2D eigenvalue weighted by atomic mass is 10.3. The van der Waals surface area contributed by atoms with Crippen LogP contribution in [0.3, 0.4) is 0 Å². The monoisotopic (exact) mass is 143 g/mol. The summed E-state index contributed by atoms with van der Waals surface area (Å²) in [4.78, 5) is 12.8. The first kappa shape index (κ1) is 9.47. The summed E-state index contributed by atoms with van der Waals surface area (Å²) in [6.45, 7) is 8.66. The highest BCUT2D eigenvalue weighted by molar-refractivity contribution is 5.73. The molecule has 0 atom stereocenters. The SMILES string of the molecule is CCCN(C(C)=O)C(C)C. The van der Waals surface area contributed by atoms with Gasteiger partial charge in [-0.3, -0.25) is 4.79 Å². The van der Waals surface area contributed by atoms with E-state index in [9.17, 15) is 4.79 Å². The Hall–Kier alpha value is -0.530. The highest BCUT2D eigenvalue weighted by atomic mass is 16.2. The van der Waals surface area contributed by atoms with Gasteiger partial charge in [-0.05, 0) is 20.3 Å². The summed E-state index contributed by atoms with van der Waals surface area (Å²) in [7, 11) is 0. The van der Waals surface area contributed by atoms with Gasteiger partial charge in [0.05, 0.1) is 0 Å². The van der Waals surface area contributed by atoms with E-state index in [2.05, 4.69) is 6.92 Å². The molecule has 0 bridgehead atoms. The van der Waals surface area contributed by atoms with E-state index in [1.165, 1.54) is 0 Å². The third-order valence-electron chi connectivity index (χ3n) is 1.49. The number of rotatable bonds is 3. The first-order valence-corrected chi connectivity index (χ1v) is 3.86. The van der Waals surface area contributed by atoms with Crippen molar-refractivity contribution in [1.29, 1.82) is 0 Å². The predicted octanol–water partition coefficient (Wildman–Crippen LogP) is 1.65. The Morgan fingerprint density at radius 3 is 2.10 bits per heavy atom. The van der Waals surface area contributed by atoms with Crippen molar-refractivity contribution in [3.05, 3.63) is 0 Å². The first-order valence-electron chi connectivity index (χ1n) is 3.86. The molecule has 0 radical (unpaired) electrons. The number of hydrogen-bond donors (Lipinski definition) is 0. The second-order valence-corrected chi connectivity index (χ2v) is 2.81. The summed E-state index contributed by atoms with van der Waals surface area (Å²) < 4.78 is 0. The third kappa shape index (κ3) is 2.85. The Bertz CT molecular complexity index is 110. The standard InChI is InChI=1S/C8H17NO/c1-5-6-9(7(2)3)8(4)10/h7H,5-6H2,1-4H3. The van der Waals surface area contributed by atoms with Crippen LogP contribution >= 0.6 is 0 Å². The molecule has 0 aromatic rings. The third-order valence-corrected chi connectivity index (χ3v) is 1.49. The Morgan fingerprint density at radius 1 is 1.50 bits per heavy atom. The number of hydrogen-bond acceptors (Lipinski definition) is 1. The van der Waals surface area contributed by atoms with Crippen LogP contribution < -0.4 is 0 Å². The molecule has 0 aromatic heterocycles. The van der Waals surface area contributed by atoms with Crippen molar-refractivity contribution in [2.24, 2.45) is 0 Å². The number of nitrogens with zero attached hydrogens (tertiary/aromatic N) is 1. The van der Waals surface area contributed by atoms with Gasteiger partial charge in [-0.1, -0.05) is 6.92 Å². The van der Waals surface area contributed by atoms with Crippen LogP contribution in [0.25, 0.3) is 0 Å². The van der Waals surface area contributed by atoms with Gasteiger partial charge in [0.25, 0.3) is 0 Å². The summed E-state index contributed by atoms with van der Waals surface area (Å²) in [6, 6.07) is 0.345. The molecular weight excluding hydrogens is 126 g/mol. The molecule has 1 amide bonds. The minimum Gasteiger partial charge on any atom is -0.341 e. The van der Waals surface area contributed by atoms with Crippen LogP contribution in [0.2, 0.25) is 0 Å². The van der Waals surface area contributed by atoms with E-state index >= 15 is 0 Å². The molecule has 0 spiro atoms. The van der Waals surface area contributed by atoms with Crippen LogP contribution in [0.1, 0.15) is 34.1 Å². The number of amides is 1. The van der Waals surface area contributed by atoms with Gasteiger partial charge in [-0.2, -0.15) is 0 Å². The van der Waals surface area contributed by atoms with Crippen molar-refractivity contribution in [2.45, 2.75) is 40.2 Å². The maximum absolute atomic E-state index is 10.9. The van der Waals surface area contributed by atoms with Crippen LogP contribution in [0.15, 0.2) is 0 Å². The highest BCUT2D eigenvalue weighted by Crippen LogP contribution is 1.99. The van der Waals surface area contributed by atoms with Crippen molar-refractivity contribution >= 4 is 5.91 Å². The molecule has 2 heteroatoms. The summed E-state index contributed by atoms with van der Waals surface area (Å²) in [6.07, 6.45) is 1.04. The fourth-order valence-corrected chi connectivity index (χ4v) is 1.02. The minimum atomic E-state index is 0.178. The second kappa shape index (κ2) is 4.31. The van der Waals surface area contributed by atoms with Crippen LogP contribution in [0, 0.1) is 0 Å². The number of carbonyl (C=O) groups is 1. The van der Waals surface area contributed by atoms with E-state index in [4.69, 9.17) is 0 Å². The van der Waals surface area contributed by atoms with Gasteiger partial charge in [0, 0.05) is 19.5 Å². The molecule has 60 valence electrons. The molecule has 0 saturated heterocycles. The average Bonchev–Trinajstić information content (AvgIpc) is 1.81. The van der Waals surface area contributed by atoms with Gasteiger partial charge in [0.2, 0.25) is 5.91 Å². The molecule has 2 nitrogen and oxygen atoms in total. The van der Waals surface area contributed by atoms with Crippen molar-refractivity contribution in [3.8, 4) is 0 Å². The van der Waals surface area contributed by atoms with Gasteiger partial charge in [0.15, 0.2) is 0 Å². The van der Waals surface area contributed by atoms with Crippen LogP contribution in [-0.4, -0.2) is 23.4 Å². The molecular formula is C8H17NO. The fraction of sp³-hybridized carbons (Fsp3) is 0.875. The molecule has 0 aromatic carbocycles. The second-order valence-electron chi connectivity index (χ2n) is 2.81. The zero-order chi connectivity index (χ0) is 8.15. The van der Waals surface area contributed by atoms with Gasteiger partial charge < -0.3 is 4.90 Å². The summed E-state index contributed by atoms with van der Waals surface area (Å²) >= 11 is 0. The van der Waals surface area contributed by atoms with Crippen LogP contribution in [0.5, 0.6) is 0 Å². The maximum Gasteiger partial charge on any atom is 0.219 e. The summed E-state index contributed by atoms with van der Waals surface area (Å²) in [5.74, 6) is 0.178. The lowest BCUT2D eigenvalue weighted by Crippen LogP contribution is -2.35. The normalized spacial score (nSPS) is 10.1. The van der Waals surface area contributed by atoms with E-state index in [0.717, 1.165) is 13.0 Å². The first-order chi connectivity index (χ1) is 4.59. The van der Waals surface area contributed by atoms with Crippen LogP contribution in [0.4, 0.5) is 0 Å². The van der Waals surface area contributed by atoms with Crippen molar-refractivity contribution in [1.82, 2.24) is 4.90 Å².